The summed E-state index contributed by atoms with van der Waals surface area (Å²) in [7, 11) is 0. The third-order valence-electron chi connectivity index (χ3n) is 7.87. The zero-order valence-corrected chi connectivity index (χ0v) is 17.7. The summed E-state index contributed by atoms with van der Waals surface area (Å²) in [5.74, 6) is -0.0953. The summed E-state index contributed by atoms with van der Waals surface area (Å²) < 4.78 is 0. The molecule has 4 N–H and O–H groups in total. The van der Waals surface area contributed by atoms with Gasteiger partial charge < -0.3 is 20.4 Å². The Morgan fingerprint density at radius 2 is 2.03 bits per heavy atom. The van der Waals surface area contributed by atoms with E-state index in [0.29, 0.717) is 36.7 Å². The van der Waals surface area contributed by atoms with E-state index >= 15 is 0 Å². The third kappa shape index (κ3) is 4.52. The van der Waals surface area contributed by atoms with Gasteiger partial charge in [-0.1, -0.05) is 38.2 Å². The lowest BCUT2D eigenvalue weighted by Gasteiger charge is -2.44. The fraction of sp³-hybridized carbons (Fsp3) is 0.708. The van der Waals surface area contributed by atoms with Gasteiger partial charge in [0.25, 0.3) is 0 Å². The summed E-state index contributed by atoms with van der Waals surface area (Å²) in [5, 5.41) is 38.9. The first-order chi connectivity index (χ1) is 13.6. The smallest absolute Gasteiger partial charge is 0.332 e. The Hall–Kier alpha value is -1.43. The van der Waals surface area contributed by atoms with Crippen LogP contribution in [0.15, 0.2) is 35.5 Å². The molecule has 29 heavy (non-hydrogen) atoms. The van der Waals surface area contributed by atoms with Gasteiger partial charge in [-0.05, 0) is 79.3 Å². The van der Waals surface area contributed by atoms with Crippen molar-refractivity contribution >= 4 is 5.97 Å². The van der Waals surface area contributed by atoms with E-state index in [-0.39, 0.29) is 11.3 Å². The minimum absolute atomic E-state index is 0.128. The maximum Gasteiger partial charge on any atom is 0.332 e. The third-order valence-corrected chi connectivity index (χ3v) is 7.87. The van der Waals surface area contributed by atoms with E-state index in [1.165, 1.54) is 5.57 Å². The number of aliphatic hydroxyl groups is 3. The number of fused-ring (bicyclic) bond motifs is 1. The molecule has 0 radical (unpaired) electrons. The van der Waals surface area contributed by atoms with Gasteiger partial charge in [-0.15, -0.1) is 0 Å². The molecule has 3 aliphatic carbocycles. The number of hydrogen-bond donors (Lipinski definition) is 4. The van der Waals surface area contributed by atoms with Crippen LogP contribution in [0.2, 0.25) is 0 Å². The van der Waals surface area contributed by atoms with Crippen LogP contribution in [0.1, 0.15) is 65.2 Å². The molecule has 162 valence electrons. The number of carboxylic acid groups (broad SMARTS) is 1. The van der Waals surface area contributed by atoms with Gasteiger partial charge in [0.1, 0.15) is 0 Å². The van der Waals surface area contributed by atoms with Crippen LogP contribution in [0, 0.1) is 23.2 Å². The van der Waals surface area contributed by atoms with Crippen molar-refractivity contribution in [2.45, 2.75) is 83.5 Å². The Balaban J connectivity index is 1.77. The van der Waals surface area contributed by atoms with E-state index in [1.54, 1.807) is 0 Å². The van der Waals surface area contributed by atoms with Crippen LogP contribution in [0.5, 0.6) is 0 Å². The highest BCUT2D eigenvalue weighted by molar-refractivity contribution is 5.71. The fourth-order valence-corrected chi connectivity index (χ4v) is 6.30. The largest absolute Gasteiger partial charge is 0.479 e. The second kappa shape index (κ2) is 8.75. The summed E-state index contributed by atoms with van der Waals surface area (Å²) in [4.78, 5) is 11.1. The van der Waals surface area contributed by atoms with Crippen LogP contribution in [-0.2, 0) is 4.79 Å². The fourth-order valence-electron chi connectivity index (χ4n) is 6.30. The zero-order chi connectivity index (χ0) is 21.3. The second-order valence-electron chi connectivity index (χ2n) is 9.73. The van der Waals surface area contributed by atoms with Gasteiger partial charge in [-0.25, -0.2) is 4.79 Å². The van der Waals surface area contributed by atoms with Crippen LogP contribution in [0.25, 0.3) is 0 Å². The standard InChI is InChI=1S/C24H36O5/c1-14(11-22(27)23(28)29)19-8-9-20-16(5-4-10-24(19,20)3)6-7-17-12-18(25)13-21(26)15(17)2/h6-7,14,18-22,25-27H,2,4-5,8-13H2,1,3H3,(H,28,29)/t14-,18+,19-,20+,21-,22?,24-/m1/s1. The first-order valence-corrected chi connectivity index (χ1v) is 11.0. The van der Waals surface area contributed by atoms with Crippen LogP contribution in [0.4, 0.5) is 0 Å². The van der Waals surface area contributed by atoms with Gasteiger partial charge in [0.05, 0.1) is 12.2 Å². The minimum Gasteiger partial charge on any atom is -0.479 e. The lowest BCUT2D eigenvalue weighted by Crippen LogP contribution is -2.37. The van der Waals surface area contributed by atoms with E-state index < -0.39 is 24.3 Å². The first-order valence-electron chi connectivity index (χ1n) is 11.0. The molecule has 0 aliphatic heterocycles. The van der Waals surface area contributed by atoms with Gasteiger partial charge in [0.2, 0.25) is 0 Å². The lowest BCUT2D eigenvalue weighted by atomic mass is 9.60. The Kier molecular flexibility index (Phi) is 6.71. The van der Waals surface area contributed by atoms with Crippen molar-refractivity contribution in [2.24, 2.45) is 23.2 Å². The number of aliphatic hydroxyl groups excluding tert-OH is 3. The van der Waals surface area contributed by atoms with Gasteiger partial charge in [0, 0.05) is 6.42 Å². The molecule has 1 unspecified atom stereocenters. The molecule has 3 saturated carbocycles. The maximum absolute atomic E-state index is 11.1. The van der Waals surface area contributed by atoms with E-state index in [9.17, 15) is 20.1 Å². The molecule has 0 heterocycles. The highest BCUT2D eigenvalue weighted by Crippen LogP contribution is 2.59. The topological polar surface area (TPSA) is 98.0 Å². The number of hydrogen-bond acceptors (Lipinski definition) is 4. The molecule has 3 aliphatic rings. The van der Waals surface area contributed by atoms with Crippen molar-refractivity contribution in [2.75, 3.05) is 0 Å². The average molecular weight is 405 g/mol. The van der Waals surface area contributed by atoms with Crippen LogP contribution in [-0.4, -0.2) is 44.7 Å². The zero-order valence-electron chi connectivity index (χ0n) is 17.7. The molecule has 0 aromatic heterocycles. The summed E-state index contributed by atoms with van der Waals surface area (Å²) >= 11 is 0. The normalized spacial score (nSPS) is 40.1. The lowest BCUT2D eigenvalue weighted by molar-refractivity contribution is -0.147. The van der Waals surface area contributed by atoms with Crippen molar-refractivity contribution < 1.29 is 25.2 Å². The number of carboxylic acids is 1. The van der Waals surface area contributed by atoms with Crippen LogP contribution < -0.4 is 0 Å². The van der Waals surface area contributed by atoms with E-state index in [4.69, 9.17) is 5.11 Å². The molecular weight excluding hydrogens is 368 g/mol. The molecule has 0 amide bonds. The van der Waals surface area contributed by atoms with Crippen molar-refractivity contribution in [3.63, 3.8) is 0 Å². The van der Waals surface area contributed by atoms with Gasteiger partial charge in [0.15, 0.2) is 6.10 Å². The summed E-state index contributed by atoms with van der Waals surface area (Å²) in [6.45, 7) is 8.42. The summed E-state index contributed by atoms with van der Waals surface area (Å²) in [6, 6.07) is 0. The summed E-state index contributed by atoms with van der Waals surface area (Å²) in [6.07, 6.45) is 8.41. The molecule has 3 fully saturated rings. The molecule has 3 rings (SSSR count). The van der Waals surface area contributed by atoms with E-state index in [1.807, 2.05) is 6.08 Å². The maximum atomic E-state index is 11.1. The molecule has 0 spiro atoms. The van der Waals surface area contributed by atoms with Gasteiger partial charge >= 0.3 is 5.97 Å². The predicted octanol–water partition coefficient (Wildman–Crippen LogP) is 3.60. The van der Waals surface area contributed by atoms with Crippen LogP contribution >= 0.6 is 0 Å². The van der Waals surface area contributed by atoms with Crippen molar-refractivity contribution in [3.8, 4) is 0 Å². The highest BCUT2D eigenvalue weighted by atomic mass is 16.4. The van der Waals surface area contributed by atoms with Crippen molar-refractivity contribution in [3.05, 3.63) is 35.5 Å². The Morgan fingerprint density at radius 3 is 2.72 bits per heavy atom. The molecule has 0 saturated heterocycles. The number of aliphatic carboxylic acids is 1. The molecular formula is C24H36O5. The molecule has 0 aromatic carbocycles. The quantitative estimate of drug-likeness (QED) is 0.561. The average Bonchev–Trinajstić information content (AvgIpc) is 3.00. The highest BCUT2D eigenvalue weighted by Gasteiger charge is 2.50. The molecule has 5 nitrogen and oxygen atoms in total. The van der Waals surface area contributed by atoms with Gasteiger partial charge in [-0.2, -0.15) is 0 Å². The second-order valence-corrected chi connectivity index (χ2v) is 9.73. The Labute approximate surface area is 173 Å². The van der Waals surface area contributed by atoms with Crippen molar-refractivity contribution in [1.82, 2.24) is 0 Å². The summed E-state index contributed by atoms with van der Waals surface area (Å²) in [5.41, 5.74) is 3.19. The van der Waals surface area contributed by atoms with E-state index in [2.05, 4.69) is 26.5 Å². The van der Waals surface area contributed by atoms with Crippen molar-refractivity contribution in [1.29, 1.82) is 0 Å². The van der Waals surface area contributed by atoms with Crippen LogP contribution in [0.3, 0.4) is 0 Å². The van der Waals surface area contributed by atoms with Gasteiger partial charge in [-0.3, -0.25) is 0 Å². The number of rotatable bonds is 5. The number of allylic oxidation sites excluding steroid dienone is 3. The Morgan fingerprint density at radius 1 is 1.31 bits per heavy atom. The number of carbonyl (C=O) groups is 1. The monoisotopic (exact) mass is 404 g/mol. The minimum atomic E-state index is -1.29. The SMILES string of the molecule is C=C1C(=CC=C2CCC[C@]3(C)[C@@H]([C@H](C)CC(O)C(=O)O)CC[C@@H]23)C[C@H](O)C[C@H]1O. The van der Waals surface area contributed by atoms with E-state index in [0.717, 1.165) is 37.7 Å². The first kappa shape index (κ1) is 22.3. The molecule has 5 heteroatoms. The predicted molar refractivity (Wildman–Crippen MR) is 112 cm³/mol. The molecule has 0 bridgehead atoms. The Bertz CT molecular complexity index is 708. The molecule has 7 atom stereocenters. The molecule has 0 aromatic rings.